The molecule has 3 aliphatic rings. The van der Waals surface area contributed by atoms with Gasteiger partial charge in [0.05, 0.1) is 48.5 Å². The quantitative estimate of drug-likeness (QED) is 0.235. The highest BCUT2D eigenvalue weighted by Crippen LogP contribution is 2.47. The molecule has 3 aromatic carbocycles. The lowest BCUT2D eigenvalue weighted by Gasteiger charge is -2.33. The Hall–Kier alpha value is -3.66. The number of esters is 1. The molecule has 1 aromatic heterocycles. The van der Waals surface area contributed by atoms with E-state index in [-0.39, 0.29) is 12.1 Å². The first-order valence-corrected chi connectivity index (χ1v) is 14.7. The van der Waals surface area contributed by atoms with Crippen LogP contribution in [0.3, 0.4) is 0 Å². The van der Waals surface area contributed by atoms with Crippen LogP contribution in [0, 0.1) is 5.82 Å². The third kappa shape index (κ3) is 5.10. The number of methoxy groups -OCH3 is 1. The summed E-state index contributed by atoms with van der Waals surface area (Å²) in [6, 6.07) is 15.9. The lowest BCUT2D eigenvalue weighted by atomic mass is 9.88. The number of ether oxygens (including phenoxy) is 4. The predicted octanol–water partition coefficient (Wildman–Crippen LogP) is 6.25. The van der Waals surface area contributed by atoms with Gasteiger partial charge in [0.15, 0.2) is 11.5 Å². The van der Waals surface area contributed by atoms with E-state index in [9.17, 15) is 9.18 Å². The number of piperidine rings is 1. The highest BCUT2D eigenvalue weighted by molar-refractivity contribution is 6.30. The van der Waals surface area contributed by atoms with Crippen LogP contribution in [0.15, 0.2) is 54.6 Å². The standard InChI is InChI=1S/C32H31ClFN3O5/c1-39-31(38)20-5-8-26-27(15-20)37(17-22-11-14-40-22)29(35-26)18-36-12-9-19(10-13-36)23-3-2-4-28-30(23)42-32(41-28)24-7-6-21(33)16-25(24)34/h2-8,15-16,19,22,32H,9-14,17-18H2,1H3/t22-,32+/m0/s1. The van der Waals surface area contributed by atoms with Crippen molar-refractivity contribution in [1.29, 1.82) is 0 Å². The average molecular weight is 592 g/mol. The molecule has 0 amide bonds. The second-order valence-corrected chi connectivity index (χ2v) is 11.5. The van der Waals surface area contributed by atoms with Crippen molar-refractivity contribution >= 4 is 28.6 Å². The molecule has 4 heterocycles. The molecule has 2 saturated heterocycles. The number of rotatable bonds is 7. The van der Waals surface area contributed by atoms with E-state index in [0.717, 1.165) is 61.4 Å². The summed E-state index contributed by atoms with van der Waals surface area (Å²) in [4.78, 5) is 19.6. The van der Waals surface area contributed by atoms with Gasteiger partial charge in [-0.15, -0.1) is 0 Å². The van der Waals surface area contributed by atoms with Gasteiger partial charge in [0, 0.05) is 17.2 Å². The fourth-order valence-corrected chi connectivity index (χ4v) is 6.27. The molecule has 42 heavy (non-hydrogen) atoms. The average Bonchev–Trinajstić information content (AvgIpc) is 3.55. The summed E-state index contributed by atoms with van der Waals surface area (Å²) in [6.07, 6.45) is 2.21. The summed E-state index contributed by atoms with van der Waals surface area (Å²) in [6.45, 7) is 3.96. The van der Waals surface area contributed by atoms with Crippen molar-refractivity contribution in [2.45, 2.75) is 50.7 Å². The van der Waals surface area contributed by atoms with Crippen molar-refractivity contribution in [3.63, 3.8) is 0 Å². The lowest BCUT2D eigenvalue weighted by molar-refractivity contribution is -0.0592. The minimum Gasteiger partial charge on any atom is -0.465 e. The van der Waals surface area contributed by atoms with Gasteiger partial charge in [0.1, 0.15) is 11.6 Å². The van der Waals surface area contributed by atoms with Crippen LogP contribution in [-0.2, 0) is 22.6 Å². The SMILES string of the molecule is COC(=O)c1ccc2nc(CN3CCC(c4cccc5c4O[C@H](c4ccc(Cl)cc4F)O5)CC3)n(C[C@@H]3CCO3)c2c1. The molecule has 0 spiro atoms. The monoisotopic (exact) mass is 591 g/mol. The Morgan fingerprint density at radius 2 is 1.90 bits per heavy atom. The normalized spacial score (nSPS) is 20.5. The Bertz CT molecular complexity index is 1650. The molecule has 7 rings (SSSR count). The van der Waals surface area contributed by atoms with Crippen molar-refractivity contribution in [1.82, 2.24) is 14.5 Å². The van der Waals surface area contributed by atoms with Crippen molar-refractivity contribution in [2.24, 2.45) is 0 Å². The largest absolute Gasteiger partial charge is 0.465 e. The van der Waals surface area contributed by atoms with E-state index in [1.54, 1.807) is 18.2 Å². The molecule has 4 aromatic rings. The zero-order valence-electron chi connectivity index (χ0n) is 23.2. The minimum atomic E-state index is -0.842. The van der Waals surface area contributed by atoms with E-state index in [4.69, 9.17) is 35.5 Å². The van der Waals surface area contributed by atoms with E-state index in [1.165, 1.54) is 13.2 Å². The molecule has 3 aliphatic heterocycles. The third-order valence-electron chi connectivity index (χ3n) is 8.51. The molecule has 218 valence electrons. The van der Waals surface area contributed by atoms with Gasteiger partial charge in [0.25, 0.3) is 6.29 Å². The fourth-order valence-electron chi connectivity index (χ4n) is 6.12. The van der Waals surface area contributed by atoms with Gasteiger partial charge in [-0.3, -0.25) is 4.90 Å². The maximum absolute atomic E-state index is 14.6. The van der Waals surface area contributed by atoms with Crippen LogP contribution in [0.25, 0.3) is 11.0 Å². The number of aromatic nitrogens is 2. The summed E-state index contributed by atoms with van der Waals surface area (Å²) in [7, 11) is 1.39. The van der Waals surface area contributed by atoms with Gasteiger partial charge in [-0.2, -0.15) is 0 Å². The smallest absolute Gasteiger partial charge is 0.337 e. The molecule has 2 atom stereocenters. The van der Waals surface area contributed by atoms with Crippen molar-refractivity contribution in [3.05, 3.63) is 88.0 Å². The van der Waals surface area contributed by atoms with Gasteiger partial charge < -0.3 is 23.5 Å². The van der Waals surface area contributed by atoms with Crippen LogP contribution in [0.4, 0.5) is 4.39 Å². The Labute approximate surface area is 247 Å². The topological polar surface area (TPSA) is 75.0 Å². The summed E-state index contributed by atoms with van der Waals surface area (Å²) in [5.41, 5.74) is 3.70. The molecule has 0 unspecified atom stereocenters. The van der Waals surface area contributed by atoms with Crippen LogP contribution >= 0.6 is 11.6 Å². The summed E-state index contributed by atoms with van der Waals surface area (Å²) < 4.78 is 39.6. The number of fused-ring (bicyclic) bond motifs is 2. The first-order valence-electron chi connectivity index (χ1n) is 14.3. The van der Waals surface area contributed by atoms with Gasteiger partial charge in [-0.1, -0.05) is 23.7 Å². The number of hydrogen-bond acceptors (Lipinski definition) is 7. The van der Waals surface area contributed by atoms with Gasteiger partial charge in [-0.25, -0.2) is 14.2 Å². The van der Waals surface area contributed by atoms with Crippen LogP contribution in [-0.4, -0.2) is 53.3 Å². The summed E-state index contributed by atoms with van der Waals surface area (Å²) in [5, 5.41) is 0.331. The lowest BCUT2D eigenvalue weighted by Crippen LogP contribution is -2.35. The summed E-state index contributed by atoms with van der Waals surface area (Å²) >= 11 is 5.93. The Balaban J connectivity index is 1.06. The zero-order valence-corrected chi connectivity index (χ0v) is 24.0. The zero-order chi connectivity index (χ0) is 28.8. The van der Waals surface area contributed by atoms with Crippen LogP contribution < -0.4 is 9.47 Å². The van der Waals surface area contributed by atoms with Crippen molar-refractivity contribution in [2.75, 3.05) is 26.8 Å². The number of hydrogen-bond donors (Lipinski definition) is 0. The highest BCUT2D eigenvalue weighted by Gasteiger charge is 2.33. The maximum atomic E-state index is 14.6. The summed E-state index contributed by atoms with van der Waals surface area (Å²) in [5.74, 6) is 1.77. The van der Waals surface area contributed by atoms with E-state index in [1.807, 2.05) is 24.3 Å². The number of likely N-dealkylation sites (tertiary alicyclic amines) is 1. The molecular weight excluding hydrogens is 561 g/mol. The number of halogens is 2. The first kappa shape index (κ1) is 27.2. The predicted molar refractivity (Wildman–Crippen MR) is 155 cm³/mol. The molecule has 8 nitrogen and oxygen atoms in total. The molecule has 0 radical (unpaired) electrons. The Morgan fingerprint density at radius 3 is 2.64 bits per heavy atom. The minimum absolute atomic E-state index is 0.154. The number of carbonyl (C=O) groups is 1. The number of carbonyl (C=O) groups excluding carboxylic acids is 1. The molecule has 2 fully saturated rings. The molecule has 0 N–H and O–H groups in total. The third-order valence-corrected chi connectivity index (χ3v) is 8.74. The van der Waals surface area contributed by atoms with E-state index in [2.05, 4.69) is 15.5 Å². The molecule has 0 aliphatic carbocycles. The molecular formula is C32H31ClFN3O5. The van der Waals surface area contributed by atoms with Gasteiger partial charge in [0.2, 0.25) is 0 Å². The van der Waals surface area contributed by atoms with Crippen LogP contribution in [0.1, 0.15) is 58.8 Å². The second kappa shape index (κ2) is 11.2. The number of benzene rings is 3. The molecule has 10 heteroatoms. The van der Waals surface area contributed by atoms with E-state index >= 15 is 0 Å². The van der Waals surface area contributed by atoms with Crippen molar-refractivity contribution < 1.29 is 28.1 Å². The van der Waals surface area contributed by atoms with E-state index < -0.39 is 12.1 Å². The fraction of sp³-hybridized carbons (Fsp3) is 0.375. The Kier molecular flexibility index (Phi) is 7.25. The van der Waals surface area contributed by atoms with Crippen LogP contribution in [0.5, 0.6) is 11.5 Å². The highest BCUT2D eigenvalue weighted by atomic mass is 35.5. The van der Waals surface area contributed by atoms with E-state index in [0.29, 0.717) is 46.7 Å². The van der Waals surface area contributed by atoms with Crippen molar-refractivity contribution in [3.8, 4) is 11.5 Å². The number of nitrogens with zero attached hydrogens (tertiary/aromatic N) is 3. The van der Waals surface area contributed by atoms with Gasteiger partial charge in [-0.05, 0) is 80.7 Å². The maximum Gasteiger partial charge on any atom is 0.337 e. The Morgan fingerprint density at radius 1 is 1.07 bits per heavy atom. The molecule has 0 bridgehead atoms. The van der Waals surface area contributed by atoms with Gasteiger partial charge >= 0.3 is 5.97 Å². The molecule has 0 saturated carbocycles. The first-order chi connectivity index (χ1) is 20.5. The number of imidazole rings is 1. The van der Waals surface area contributed by atoms with Crippen LogP contribution in [0.2, 0.25) is 5.02 Å². The second-order valence-electron chi connectivity index (χ2n) is 11.1. The number of para-hydroxylation sites is 1.